The van der Waals surface area contributed by atoms with Crippen LogP contribution in [-0.2, 0) is 0 Å². The number of aliphatic hydroxyl groups is 1. The van der Waals surface area contributed by atoms with Crippen molar-refractivity contribution in [3.05, 3.63) is 28.2 Å². The molecule has 3 nitrogen and oxygen atoms in total. The summed E-state index contributed by atoms with van der Waals surface area (Å²) >= 11 is 3.42. The molecule has 0 spiro atoms. The van der Waals surface area contributed by atoms with Crippen molar-refractivity contribution in [2.75, 3.05) is 13.7 Å². The molecule has 2 N–H and O–H groups in total. The molecule has 1 saturated carbocycles. The molecule has 0 aromatic heterocycles. The Kier molecular flexibility index (Phi) is 5.03. The Morgan fingerprint density at radius 2 is 2.17 bits per heavy atom. The van der Waals surface area contributed by atoms with Gasteiger partial charge in [-0.1, -0.05) is 28.8 Å². The molecule has 1 aliphatic carbocycles. The summed E-state index contributed by atoms with van der Waals surface area (Å²) in [6.07, 6.45) is 4.52. The van der Waals surface area contributed by atoms with E-state index in [-0.39, 0.29) is 0 Å². The molecule has 2 rings (SSSR count). The van der Waals surface area contributed by atoms with E-state index in [1.54, 1.807) is 7.11 Å². The molecule has 0 radical (unpaired) electrons. The third kappa shape index (κ3) is 3.46. The van der Waals surface area contributed by atoms with Crippen molar-refractivity contribution in [1.29, 1.82) is 0 Å². The molecule has 0 saturated heterocycles. The number of hydrogen-bond donors (Lipinski definition) is 2. The zero-order valence-corrected chi connectivity index (χ0v) is 12.2. The molecule has 18 heavy (non-hydrogen) atoms. The molecule has 1 aliphatic rings. The van der Waals surface area contributed by atoms with Crippen LogP contribution in [0.5, 0.6) is 5.75 Å². The topological polar surface area (TPSA) is 41.5 Å². The molecule has 100 valence electrons. The first-order valence-corrected chi connectivity index (χ1v) is 7.25. The second-order valence-electron chi connectivity index (χ2n) is 4.79. The Hall–Kier alpha value is -0.580. The van der Waals surface area contributed by atoms with Gasteiger partial charge in [0.2, 0.25) is 0 Å². The zero-order valence-electron chi connectivity index (χ0n) is 10.7. The maximum atomic E-state index is 10.3. The van der Waals surface area contributed by atoms with E-state index in [2.05, 4.69) is 21.2 Å². The van der Waals surface area contributed by atoms with Crippen LogP contribution in [0.1, 0.15) is 37.4 Å². The van der Waals surface area contributed by atoms with Crippen LogP contribution in [0.15, 0.2) is 22.7 Å². The second kappa shape index (κ2) is 6.55. The van der Waals surface area contributed by atoms with Crippen LogP contribution in [0.25, 0.3) is 0 Å². The monoisotopic (exact) mass is 313 g/mol. The number of rotatable bonds is 5. The molecule has 1 atom stereocenters. The van der Waals surface area contributed by atoms with Crippen LogP contribution in [0.2, 0.25) is 0 Å². The van der Waals surface area contributed by atoms with Crippen LogP contribution in [0, 0.1) is 0 Å². The first kappa shape index (κ1) is 13.8. The van der Waals surface area contributed by atoms with Crippen LogP contribution in [0.4, 0.5) is 0 Å². The molecule has 1 unspecified atom stereocenters. The average molecular weight is 314 g/mol. The molecule has 1 aromatic carbocycles. The summed E-state index contributed by atoms with van der Waals surface area (Å²) in [5.41, 5.74) is 0.831. The van der Waals surface area contributed by atoms with Gasteiger partial charge in [-0.15, -0.1) is 0 Å². The van der Waals surface area contributed by atoms with Crippen molar-refractivity contribution in [3.8, 4) is 5.75 Å². The fourth-order valence-corrected chi connectivity index (χ4v) is 2.86. The van der Waals surface area contributed by atoms with Gasteiger partial charge in [-0.25, -0.2) is 0 Å². The highest BCUT2D eigenvalue weighted by Crippen LogP contribution is 2.28. The molecular formula is C14H20BrNO2. The molecule has 1 aromatic rings. The summed E-state index contributed by atoms with van der Waals surface area (Å²) in [6.45, 7) is 0.581. The van der Waals surface area contributed by atoms with Gasteiger partial charge in [-0.3, -0.25) is 0 Å². The summed E-state index contributed by atoms with van der Waals surface area (Å²) in [5, 5.41) is 13.7. The molecular weight excluding hydrogens is 294 g/mol. The van der Waals surface area contributed by atoms with E-state index >= 15 is 0 Å². The van der Waals surface area contributed by atoms with Crippen LogP contribution < -0.4 is 10.1 Å². The number of aliphatic hydroxyl groups excluding tert-OH is 1. The molecule has 1 fully saturated rings. The smallest absolute Gasteiger partial charge is 0.124 e. The van der Waals surface area contributed by atoms with Gasteiger partial charge in [0.1, 0.15) is 5.75 Å². The van der Waals surface area contributed by atoms with Gasteiger partial charge in [0.25, 0.3) is 0 Å². The zero-order chi connectivity index (χ0) is 13.0. The minimum atomic E-state index is -0.530. The highest BCUT2D eigenvalue weighted by molar-refractivity contribution is 9.10. The molecule has 0 aliphatic heterocycles. The quantitative estimate of drug-likeness (QED) is 0.878. The lowest BCUT2D eigenvalue weighted by molar-refractivity contribution is 0.166. The van der Waals surface area contributed by atoms with Crippen LogP contribution in [0.3, 0.4) is 0 Å². The van der Waals surface area contributed by atoms with Gasteiger partial charge in [-0.05, 0) is 31.0 Å². The Balaban J connectivity index is 1.98. The third-order valence-corrected chi connectivity index (χ3v) is 4.00. The first-order chi connectivity index (χ1) is 8.70. The highest BCUT2D eigenvalue weighted by atomic mass is 79.9. The summed E-state index contributed by atoms with van der Waals surface area (Å²) in [4.78, 5) is 0. The van der Waals surface area contributed by atoms with Crippen molar-refractivity contribution < 1.29 is 9.84 Å². The van der Waals surface area contributed by atoms with Crippen LogP contribution in [-0.4, -0.2) is 24.8 Å². The Bertz CT molecular complexity index is 391. The third-order valence-electron chi connectivity index (χ3n) is 3.51. The van der Waals surface area contributed by atoms with Gasteiger partial charge in [0.15, 0.2) is 0 Å². The number of hydrogen-bond acceptors (Lipinski definition) is 3. The second-order valence-corrected chi connectivity index (χ2v) is 5.71. The first-order valence-electron chi connectivity index (χ1n) is 6.45. The van der Waals surface area contributed by atoms with Gasteiger partial charge < -0.3 is 15.2 Å². The van der Waals surface area contributed by atoms with Gasteiger partial charge in [-0.2, -0.15) is 0 Å². The largest absolute Gasteiger partial charge is 0.496 e. The molecule has 4 heteroatoms. The number of benzene rings is 1. The Morgan fingerprint density at radius 1 is 1.44 bits per heavy atom. The summed E-state index contributed by atoms with van der Waals surface area (Å²) < 4.78 is 6.24. The number of halogens is 1. The lowest BCUT2D eigenvalue weighted by atomic mass is 10.1. The van der Waals surface area contributed by atoms with Crippen molar-refractivity contribution in [3.63, 3.8) is 0 Å². The fraction of sp³-hybridized carbons (Fsp3) is 0.571. The van der Waals surface area contributed by atoms with E-state index in [4.69, 9.17) is 4.74 Å². The maximum Gasteiger partial charge on any atom is 0.124 e. The van der Waals surface area contributed by atoms with E-state index in [0.717, 1.165) is 15.8 Å². The van der Waals surface area contributed by atoms with E-state index in [0.29, 0.717) is 12.6 Å². The summed E-state index contributed by atoms with van der Waals surface area (Å²) in [5.74, 6) is 0.735. The Labute approximate surface area is 117 Å². The lowest BCUT2D eigenvalue weighted by Crippen LogP contribution is -2.30. The van der Waals surface area contributed by atoms with Gasteiger partial charge in [0, 0.05) is 22.6 Å². The standard InChI is InChI=1S/C14H20BrNO2/c1-18-14-7-6-10(15)8-12(14)13(17)9-16-11-4-2-3-5-11/h6-8,11,13,16-17H,2-5,9H2,1H3. The van der Waals surface area contributed by atoms with Gasteiger partial charge in [0.05, 0.1) is 13.2 Å². The number of methoxy groups -OCH3 is 1. The Morgan fingerprint density at radius 3 is 2.83 bits per heavy atom. The van der Waals surface area contributed by atoms with E-state index in [9.17, 15) is 5.11 Å². The normalized spacial score (nSPS) is 17.9. The van der Waals surface area contributed by atoms with Crippen molar-refractivity contribution in [2.24, 2.45) is 0 Å². The lowest BCUT2D eigenvalue weighted by Gasteiger charge is -2.18. The summed E-state index contributed by atoms with van der Waals surface area (Å²) in [7, 11) is 1.63. The van der Waals surface area contributed by atoms with E-state index < -0.39 is 6.10 Å². The average Bonchev–Trinajstić information content (AvgIpc) is 2.89. The van der Waals surface area contributed by atoms with Crippen LogP contribution >= 0.6 is 15.9 Å². The minimum absolute atomic E-state index is 0.530. The van der Waals surface area contributed by atoms with E-state index in [1.807, 2.05) is 18.2 Å². The minimum Gasteiger partial charge on any atom is -0.496 e. The van der Waals surface area contributed by atoms with Crippen molar-refractivity contribution >= 4 is 15.9 Å². The number of ether oxygens (including phenoxy) is 1. The molecule has 0 amide bonds. The fourth-order valence-electron chi connectivity index (χ4n) is 2.48. The maximum absolute atomic E-state index is 10.3. The summed E-state index contributed by atoms with van der Waals surface area (Å²) in [6, 6.07) is 6.27. The number of nitrogens with one attached hydrogen (secondary N) is 1. The predicted molar refractivity (Wildman–Crippen MR) is 75.9 cm³/mol. The predicted octanol–water partition coefficient (Wildman–Crippen LogP) is 3.02. The van der Waals surface area contributed by atoms with E-state index in [1.165, 1.54) is 25.7 Å². The highest BCUT2D eigenvalue weighted by Gasteiger charge is 2.18. The van der Waals surface area contributed by atoms with Crippen molar-refractivity contribution in [2.45, 2.75) is 37.8 Å². The van der Waals surface area contributed by atoms with Gasteiger partial charge >= 0.3 is 0 Å². The van der Waals surface area contributed by atoms with Crippen molar-refractivity contribution in [1.82, 2.24) is 5.32 Å². The SMILES string of the molecule is COc1ccc(Br)cc1C(O)CNC1CCCC1. The molecule has 0 bridgehead atoms. The molecule has 0 heterocycles.